The largest absolute Gasteiger partial charge is 0.301 e. The summed E-state index contributed by atoms with van der Waals surface area (Å²) in [5, 5.41) is 0.364. The number of benzene rings is 2. The molecule has 0 radical (unpaired) electrons. The SMILES string of the molecule is Cc1cc(F)c2c(=O)[nH]c(SCCCC(=O)Cc3ccc(F)cc3)nc2c1. The van der Waals surface area contributed by atoms with Crippen LogP contribution in [0.1, 0.15) is 24.0 Å². The van der Waals surface area contributed by atoms with Crippen molar-refractivity contribution in [1.82, 2.24) is 9.97 Å². The topological polar surface area (TPSA) is 62.8 Å². The molecule has 3 rings (SSSR count). The molecule has 1 N–H and O–H groups in total. The van der Waals surface area contributed by atoms with Crippen LogP contribution in [0.3, 0.4) is 0 Å². The maximum absolute atomic E-state index is 13.9. The second kappa shape index (κ2) is 8.43. The molecule has 0 aliphatic rings. The number of ketones is 1. The van der Waals surface area contributed by atoms with Crippen molar-refractivity contribution < 1.29 is 13.6 Å². The van der Waals surface area contributed by atoms with Gasteiger partial charge < -0.3 is 4.98 Å². The smallest absolute Gasteiger partial charge is 0.262 e. The zero-order valence-corrected chi connectivity index (χ0v) is 15.5. The number of nitrogens with one attached hydrogen (secondary N) is 1. The highest BCUT2D eigenvalue weighted by atomic mass is 32.2. The van der Waals surface area contributed by atoms with E-state index in [1.807, 2.05) is 0 Å². The average molecular weight is 388 g/mol. The molecule has 1 heterocycles. The van der Waals surface area contributed by atoms with Crippen LogP contribution in [0.4, 0.5) is 8.78 Å². The summed E-state index contributed by atoms with van der Waals surface area (Å²) < 4.78 is 26.8. The van der Waals surface area contributed by atoms with Gasteiger partial charge in [-0.15, -0.1) is 0 Å². The van der Waals surface area contributed by atoms with Crippen molar-refractivity contribution in [3.8, 4) is 0 Å². The predicted octanol–water partition coefficient (Wildman–Crippen LogP) is 4.19. The molecule has 3 aromatic rings. The number of hydrogen-bond acceptors (Lipinski definition) is 4. The van der Waals surface area contributed by atoms with Gasteiger partial charge in [0.1, 0.15) is 22.8 Å². The number of carbonyl (C=O) groups excluding carboxylic acids is 1. The molecule has 0 bridgehead atoms. The molecule has 0 atom stereocenters. The highest BCUT2D eigenvalue weighted by Gasteiger charge is 2.10. The monoisotopic (exact) mass is 388 g/mol. The van der Waals surface area contributed by atoms with Crippen LogP contribution in [0.2, 0.25) is 0 Å². The van der Waals surface area contributed by atoms with Gasteiger partial charge in [-0.05, 0) is 48.7 Å². The highest BCUT2D eigenvalue weighted by molar-refractivity contribution is 7.99. The number of Topliss-reactive ketones (excluding diaryl/α,β-unsaturated/α-hetero) is 1. The first-order chi connectivity index (χ1) is 12.9. The van der Waals surface area contributed by atoms with Gasteiger partial charge in [-0.2, -0.15) is 0 Å². The molecule has 4 nitrogen and oxygen atoms in total. The van der Waals surface area contributed by atoms with Gasteiger partial charge in [-0.25, -0.2) is 13.8 Å². The van der Waals surface area contributed by atoms with Gasteiger partial charge in [0, 0.05) is 18.6 Å². The summed E-state index contributed by atoms with van der Waals surface area (Å²) in [5.74, 6) is -0.242. The number of hydrogen-bond donors (Lipinski definition) is 1. The van der Waals surface area contributed by atoms with Crippen LogP contribution in [0.25, 0.3) is 10.9 Å². The Bertz CT molecular complexity index is 1030. The Kier molecular flexibility index (Phi) is 6.01. The fourth-order valence-electron chi connectivity index (χ4n) is 2.76. The van der Waals surface area contributed by atoms with E-state index < -0.39 is 11.4 Å². The van der Waals surface area contributed by atoms with Gasteiger partial charge in [0.25, 0.3) is 5.56 Å². The van der Waals surface area contributed by atoms with Crippen LogP contribution in [0.5, 0.6) is 0 Å². The van der Waals surface area contributed by atoms with E-state index >= 15 is 0 Å². The molecule has 0 aliphatic carbocycles. The van der Waals surface area contributed by atoms with E-state index in [2.05, 4.69) is 9.97 Å². The molecule has 0 saturated heterocycles. The number of carbonyl (C=O) groups is 1. The second-order valence-corrected chi connectivity index (χ2v) is 7.39. The maximum Gasteiger partial charge on any atom is 0.262 e. The Morgan fingerprint density at radius 2 is 1.93 bits per heavy atom. The summed E-state index contributed by atoms with van der Waals surface area (Å²) in [5.41, 5.74) is 1.30. The number of halogens is 2. The zero-order chi connectivity index (χ0) is 19.4. The number of aryl methyl sites for hydroxylation is 1. The van der Waals surface area contributed by atoms with Crippen LogP contribution in [-0.2, 0) is 11.2 Å². The molecule has 0 spiro atoms. The normalized spacial score (nSPS) is 11.1. The number of aromatic amines is 1. The van der Waals surface area contributed by atoms with Gasteiger partial charge in [0.2, 0.25) is 0 Å². The number of fused-ring (bicyclic) bond motifs is 1. The van der Waals surface area contributed by atoms with Gasteiger partial charge in [0.05, 0.1) is 5.52 Å². The first kappa shape index (κ1) is 19.2. The summed E-state index contributed by atoms with van der Waals surface area (Å²) in [7, 11) is 0. The Morgan fingerprint density at radius 1 is 1.19 bits per heavy atom. The van der Waals surface area contributed by atoms with Crippen LogP contribution < -0.4 is 5.56 Å². The molecular weight excluding hydrogens is 370 g/mol. The molecule has 27 heavy (non-hydrogen) atoms. The maximum atomic E-state index is 13.9. The van der Waals surface area contributed by atoms with E-state index in [-0.39, 0.29) is 23.4 Å². The van der Waals surface area contributed by atoms with E-state index in [0.717, 1.165) is 5.56 Å². The van der Waals surface area contributed by atoms with Crippen LogP contribution in [-0.4, -0.2) is 21.5 Å². The number of H-pyrrole nitrogens is 1. The lowest BCUT2D eigenvalue weighted by Gasteiger charge is -2.05. The molecule has 140 valence electrons. The minimum Gasteiger partial charge on any atom is -0.301 e. The Morgan fingerprint density at radius 3 is 2.67 bits per heavy atom. The Labute approximate surface area is 159 Å². The summed E-state index contributed by atoms with van der Waals surface area (Å²) in [6.45, 7) is 1.74. The van der Waals surface area contributed by atoms with E-state index in [9.17, 15) is 18.4 Å². The van der Waals surface area contributed by atoms with Gasteiger partial charge >= 0.3 is 0 Å². The highest BCUT2D eigenvalue weighted by Crippen LogP contribution is 2.19. The lowest BCUT2D eigenvalue weighted by atomic mass is 10.1. The number of nitrogens with zero attached hydrogens (tertiary/aromatic N) is 1. The van der Waals surface area contributed by atoms with Gasteiger partial charge in [-0.3, -0.25) is 9.59 Å². The molecule has 7 heteroatoms. The molecule has 0 unspecified atom stereocenters. The lowest BCUT2D eigenvalue weighted by Crippen LogP contribution is -2.11. The molecule has 2 aromatic carbocycles. The second-order valence-electron chi connectivity index (χ2n) is 6.31. The zero-order valence-electron chi connectivity index (χ0n) is 14.7. The average Bonchev–Trinajstić information content (AvgIpc) is 2.60. The fourth-order valence-corrected chi connectivity index (χ4v) is 3.57. The van der Waals surface area contributed by atoms with Crippen molar-refractivity contribution in [1.29, 1.82) is 0 Å². The van der Waals surface area contributed by atoms with Gasteiger partial charge in [0.15, 0.2) is 5.16 Å². The molecule has 1 aromatic heterocycles. The number of rotatable bonds is 7. The summed E-state index contributed by atoms with van der Waals surface area (Å²) >= 11 is 1.32. The third-order valence-corrected chi connectivity index (χ3v) is 5.00. The summed E-state index contributed by atoms with van der Waals surface area (Å²) in [4.78, 5) is 30.9. The Hall–Kier alpha value is -2.54. The minimum atomic E-state index is -0.582. The van der Waals surface area contributed by atoms with Crippen molar-refractivity contribution in [2.24, 2.45) is 0 Å². The predicted molar refractivity (Wildman–Crippen MR) is 102 cm³/mol. The molecule has 0 saturated carbocycles. The molecular formula is C20H18F2N2O2S. The van der Waals surface area contributed by atoms with Crippen LogP contribution >= 0.6 is 11.8 Å². The van der Waals surface area contributed by atoms with Crippen LogP contribution in [0, 0.1) is 18.6 Å². The lowest BCUT2D eigenvalue weighted by molar-refractivity contribution is -0.118. The molecule has 0 aliphatic heterocycles. The summed E-state index contributed by atoms with van der Waals surface area (Å²) in [6.07, 6.45) is 1.28. The quantitative estimate of drug-likeness (QED) is 0.374. The fraction of sp³-hybridized carbons (Fsp3) is 0.250. The van der Waals surface area contributed by atoms with Crippen molar-refractivity contribution in [3.63, 3.8) is 0 Å². The first-order valence-corrected chi connectivity index (χ1v) is 9.50. The third-order valence-electron chi connectivity index (χ3n) is 4.04. The number of thioether (sulfide) groups is 1. The van der Waals surface area contributed by atoms with E-state index in [0.29, 0.717) is 34.8 Å². The summed E-state index contributed by atoms with van der Waals surface area (Å²) in [6, 6.07) is 8.86. The third kappa shape index (κ3) is 5.01. The van der Waals surface area contributed by atoms with Gasteiger partial charge in [-0.1, -0.05) is 23.9 Å². The Balaban J connectivity index is 1.55. The first-order valence-electron chi connectivity index (χ1n) is 8.51. The molecule has 0 amide bonds. The van der Waals surface area contributed by atoms with Crippen LogP contribution in [0.15, 0.2) is 46.3 Å². The standard InChI is InChI=1S/C20H18F2N2O2S/c1-12-9-16(22)18-17(10-12)23-20(24-19(18)26)27-8-2-3-15(25)11-13-4-6-14(21)7-5-13/h4-7,9-10H,2-3,8,11H2,1H3,(H,23,24,26). The van der Waals surface area contributed by atoms with E-state index in [1.165, 1.54) is 30.0 Å². The molecule has 0 fully saturated rings. The van der Waals surface area contributed by atoms with E-state index in [1.54, 1.807) is 25.1 Å². The van der Waals surface area contributed by atoms with Crippen molar-refractivity contribution in [2.75, 3.05) is 5.75 Å². The number of aromatic nitrogens is 2. The minimum absolute atomic E-state index is 0.0422. The van der Waals surface area contributed by atoms with Crippen molar-refractivity contribution in [3.05, 3.63) is 69.5 Å². The van der Waals surface area contributed by atoms with E-state index in [4.69, 9.17) is 0 Å². The van der Waals surface area contributed by atoms with Crippen molar-refractivity contribution >= 4 is 28.4 Å². The van der Waals surface area contributed by atoms with Crippen molar-refractivity contribution in [2.45, 2.75) is 31.3 Å².